The highest BCUT2D eigenvalue weighted by atomic mass is 35.5. The minimum absolute atomic E-state index is 0.0431. The third-order valence-electron chi connectivity index (χ3n) is 2.73. The SMILES string of the molecule is COc1ccc(C(Cl)C2CCCO2)cc1. The van der Waals surface area contributed by atoms with Crippen LogP contribution in [0.5, 0.6) is 5.75 Å². The molecule has 2 atom stereocenters. The van der Waals surface area contributed by atoms with E-state index in [0.717, 1.165) is 30.8 Å². The highest BCUT2D eigenvalue weighted by Gasteiger charge is 2.25. The van der Waals surface area contributed by atoms with Gasteiger partial charge in [0, 0.05) is 6.61 Å². The second-order valence-electron chi connectivity index (χ2n) is 3.73. The molecular weight excluding hydrogens is 212 g/mol. The lowest BCUT2D eigenvalue weighted by molar-refractivity contribution is 0.107. The molecular formula is C12H15ClO2. The maximum absolute atomic E-state index is 6.34. The quantitative estimate of drug-likeness (QED) is 0.738. The van der Waals surface area contributed by atoms with Crippen molar-refractivity contribution in [3.8, 4) is 5.75 Å². The molecule has 1 aliphatic rings. The summed E-state index contributed by atoms with van der Waals surface area (Å²) in [5.74, 6) is 0.856. The summed E-state index contributed by atoms with van der Waals surface area (Å²) in [6.07, 6.45) is 2.34. The Bertz CT molecular complexity index is 304. The molecule has 0 saturated carbocycles. The van der Waals surface area contributed by atoms with E-state index in [1.807, 2.05) is 24.3 Å². The Labute approximate surface area is 95.1 Å². The molecule has 0 amide bonds. The normalized spacial score (nSPS) is 22.7. The fourth-order valence-corrected chi connectivity index (χ4v) is 2.18. The second-order valence-corrected chi connectivity index (χ2v) is 4.20. The van der Waals surface area contributed by atoms with Crippen molar-refractivity contribution in [3.63, 3.8) is 0 Å². The molecule has 0 aliphatic carbocycles. The fourth-order valence-electron chi connectivity index (χ4n) is 1.84. The molecule has 1 aromatic carbocycles. The van der Waals surface area contributed by atoms with Crippen LogP contribution >= 0.6 is 11.6 Å². The molecule has 2 nitrogen and oxygen atoms in total. The number of hydrogen-bond donors (Lipinski definition) is 0. The third-order valence-corrected chi connectivity index (χ3v) is 3.26. The first-order valence-electron chi connectivity index (χ1n) is 5.21. The van der Waals surface area contributed by atoms with E-state index in [-0.39, 0.29) is 11.5 Å². The van der Waals surface area contributed by atoms with Gasteiger partial charge in [-0.1, -0.05) is 12.1 Å². The fraction of sp³-hybridized carbons (Fsp3) is 0.500. The first kappa shape index (κ1) is 10.8. The van der Waals surface area contributed by atoms with Crippen molar-refractivity contribution in [2.24, 2.45) is 0 Å². The highest BCUT2D eigenvalue weighted by molar-refractivity contribution is 6.21. The zero-order chi connectivity index (χ0) is 10.7. The van der Waals surface area contributed by atoms with Crippen molar-refractivity contribution >= 4 is 11.6 Å². The van der Waals surface area contributed by atoms with Gasteiger partial charge in [0.2, 0.25) is 0 Å². The summed E-state index contributed by atoms with van der Waals surface area (Å²) in [6, 6.07) is 7.86. The average molecular weight is 227 g/mol. The van der Waals surface area contributed by atoms with E-state index >= 15 is 0 Å². The van der Waals surface area contributed by atoms with Crippen LogP contribution in [-0.2, 0) is 4.74 Å². The molecule has 3 heteroatoms. The lowest BCUT2D eigenvalue weighted by atomic mass is 10.1. The van der Waals surface area contributed by atoms with Gasteiger partial charge >= 0.3 is 0 Å². The van der Waals surface area contributed by atoms with E-state index in [4.69, 9.17) is 21.1 Å². The van der Waals surface area contributed by atoms with Crippen molar-refractivity contribution in [1.29, 1.82) is 0 Å². The monoisotopic (exact) mass is 226 g/mol. The molecule has 0 N–H and O–H groups in total. The van der Waals surface area contributed by atoms with Gasteiger partial charge in [-0.15, -0.1) is 11.6 Å². The van der Waals surface area contributed by atoms with Crippen LogP contribution in [0, 0.1) is 0 Å². The summed E-state index contributed by atoms with van der Waals surface area (Å²) < 4.78 is 10.7. The Morgan fingerprint density at radius 3 is 2.67 bits per heavy atom. The zero-order valence-electron chi connectivity index (χ0n) is 8.78. The summed E-state index contributed by atoms with van der Waals surface area (Å²) in [7, 11) is 1.66. The Balaban J connectivity index is 2.07. The predicted octanol–water partition coefficient (Wildman–Crippen LogP) is 3.15. The first-order chi connectivity index (χ1) is 7.31. The molecule has 0 bridgehead atoms. The van der Waals surface area contributed by atoms with Crippen LogP contribution in [0.15, 0.2) is 24.3 Å². The predicted molar refractivity (Wildman–Crippen MR) is 60.6 cm³/mol. The van der Waals surface area contributed by atoms with Gasteiger partial charge in [-0.2, -0.15) is 0 Å². The van der Waals surface area contributed by atoms with E-state index in [2.05, 4.69) is 0 Å². The van der Waals surface area contributed by atoms with Gasteiger partial charge in [-0.05, 0) is 30.5 Å². The number of rotatable bonds is 3. The summed E-state index contributed by atoms with van der Waals surface area (Å²) >= 11 is 6.34. The minimum Gasteiger partial charge on any atom is -0.497 e. The van der Waals surface area contributed by atoms with Crippen LogP contribution in [0.25, 0.3) is 0 Å². The van der Waals surface area contributed by atoms with Gasteiger partial charge in [-0.25, -0.2) is 0 Å². The minimum atomic E-state index is -0.0431. The van der Waals surface area contributed by atoms with Gasteiger partial charge in [0.1, 0.15) is 5.75 Å². The van der Waals surface area contributed by atoms with Crippen LogP contribution in [0.2, 0.25) is 0 Å². The van der Waals surface area contributed by atoms with E-state index < -0.39 is 0 Å². The number of ether oxygens (including phenoxy) is 2. The summed E-state index contributed by atoms with van der Waals surface area (Å²) in [4.78, 5) is 0. The van der Waals surface area contributed by atoms with E-state index in [1.165, 1.54) is 0 Å². The molecule has 0 radical (unpaired) electrons. The maximum atomic E-state index is 6.34. The number of hydrogen-bond acceptors (Lipinski definition) is 2. The maximum Gasteiger partial charge on any atom is 0.118 e. The number of halogens is 1. The van der Waals surface area contributed by atoms with Crippen LogP contribution in [0.4, 0.5) is 0 Å². The van der Waals surface area contributed by atoms with Crippen LogP contribution in [0.1, 0.15) is 23.8 Å². The van der Waals surface area contributed by atoms with Crippen LogP contribution < -0.4 is 4.74 Å². The molecule has 1 aromatic rings. The van der Waals surface area contributed by atoms with Gasteiger partial charge in [0.05, 0.1) is 18.6 Å². The van der Waals surface area contributed by atoms with Crippen molar-refractivity contribution in [2.45, 2.75) is 24.3 Å². The topological polar surface area (TPSA) is 18.5 Å². The second kappa shape index (κ2) is 4.86. The smallest absolute Gasteiger partial charge is 0.118 e. The lowest BCUT2D eigenvalue weighted by Gasteiger charge is -2.16. The van der Waals surface area contributed by atoms with Crippen molar-refractivity contribution in [3.05, 3.63) is 29.8 Å². The number of benzene rings is 1. The number of alkyl halides is 1. The number of methoxy groups -OCH3 is 1. The molecule has 15 heavy (non-hydrogen) atoms. The lowest BCUT2D eigenvalue weighted by Crippen LogP contribution is -2.12. The molecule has 2 rings (SSSR count). The Hall–Kier alpha value is -0.730. The third kappa shape index (κ3) is 2.44. The summed E-state index contributed by atoms with van der Waals surface area (Å²) in [5, 5.41) is -0.0431. The average Bonchev–Trinajstić information content (AvgIpc) is 2.82. The van der Waals surface area contributed by atoms with Crippen molar-refractivity contribution in [2.75, 3.05) is 13.7 Å². The van der Waals surface area contributed by atoms with Gasteiger partial charge < -0.3 is 9.47 Å². The molecule has 1 fully saturated rings. The first-order valence-corrected chi connectivity index (χ1v) is 5.64. The molecule has 2 unspecified atom stereocenters. The highest BCUT2D eigenvalue weighted by Crippen LogP contribution is 2.32. The van der Waals surface area contributed by atoms with Crippen molar-refractivity contribution in [1.82, 2.24) is 0 Å². The van der Waals surface area contributed by atoms with E-state index in [0.29, 0.717) is 0 Å². The van der Waals surface area contributed by atoms with Gasteiger partial charge in [0.15, 0.2) is 0 Å². The van der Waals surface area contributed by atoms with E-state index in [1.54, 1.807) is 7.11 Å². The van der Waals surface area contributed by atoms with Crippen molar-refractivity contribution < 1.29 is 9.47 Å². The molecule has 1 aliphatic heterocycles. The standard InChI is InChI=1S/C12H15ClO2/c1-14-10-6-4-9(5-7-10)12(13)11-3-2-8-15-11/h4-7,11-12H,2-3,8H2,1H3. The molecule has 0 aromatic heterocycles. The van der Waals surface area contributed by atoms with Crippen LogP contribution in [0.3, 0.4) is 0 Å². The van der Waals surface area contributed by atoms with Gasteiger partial charge in [0.25, 0.3) is 0 Å². The largest absolute Gasteiger partial charge is 0.497 e. The Morgan fingerprint density at radius 1 is 1.40 bits per heavy atom. The molecule has 1 saturated heterocycles. The summed E-state index contributed by atoms with van der Waals surface area (Å²) in [5.41, 5.74) is 1.10. The molecule has 1 heterocycles. The Morgan fingerprint density at radius 2 is 2.13 bits per heavy atom. The van der Waals surface area contributed by atoms with Crippen LogP contribution in [-0.4, -0.2) is 19.8 Å². The summed E-state index contributed by atoms with van der Waals surface area (Å²) in [6.45, 7) is 0.837. The molecule has 82 valence electrons. The molecule has 0 spiro atoms. The van der Waals surface area contributed by atoms with Gasteiger partial charge in [-0.3, -0.25) is 0 Å². The Kier molecular flexibility index (Phi) is 3.49. The zero-order valence-corrected chi connectivity index (χ0v) is 9.54. The van der Waals surface area contributed by atoms with E-state index in [9.17, 15) is 0 Å².